The summed E-state index contributed by atoms with van der Waals surface area (Å²) in [5, 5.41) is 33.2. The predicted molar refractivity (Wildman–Crippen MR) is 75.5 cm³/mol. The molecule has 0 aliphatic heterocycles. The van der Waals surface area contributed by atoms with Crippen molar-refractivity contribution in [3.63, 3.8) is 0 Å². The minimum atomic E-state index is -1.25. The number of aliphatic hydroxyl groups excluding tert-OH is 1. The smallest absolute Gasteiger partial charge is 0.337 e. The standard InChI is InChI=1S/C14H18N2O5/c17-8-5-6-10(9(7-8)13(19)20)15-14(21)16-11-3-1-2-4-12(11)18/h5-7,11-12,17-18H,1-4H2,(H,19,20)(H2,15,16,21). The Labute approximate surface area is 121 Å². The van der Waals surface area contributed by atoms with Crippen LogP contribution in [0.1, 0.15) is 36.0 Å². The predicted octanol–water partition coefficient (Wildman–Crippen LogP) is 1.52. The zero-order valence-electron chi connectivity index (χ0n) is 11.4. The van der Waals surface area contributed by atoms with Crippen molar-refractivity contribution in [1.29, 1.82) is 0 Å². The maximum absolute atomic E-state index is 11.9. The van der Waals surface area contributed by atoms with Crippen LogP contribution >= 0.6 is 0 Å². The Kier molecular flexibility index (Phi) is 4.64. The lowest BCUT2D eigenvalue weighted by molar-refractivity contribution is 0.0697. The van der Waals surface area contributed by atoms with Crippen LogP contribution in [0.4, 0.5) is 10.5 Å². The molecule has 5 N–H and O–H groups in total. The molecule has 2 amide bonds. The molecule has 2 rings (SSSR count). The van der Waals surface area contributed by atoms with Crippen LogP contribution in [0.25, 0.3) is 0 Å². The average Bonchev–Trinajstić information content (AvgIpc) is 2.43. The molecule has 7 heteroatoms. The number of urea groups is 1. The van der Waals surface area contributed by atoms with Crippen LogP contribution in [-0.4, -0.2) is 39.5 Å². The van der Waals surface area contributed by atoms with Crippen molar-refractivity contribution < 1.29 is 24.9 Å². The summed E-state index contributed by atoms with van der Waals surface area (Å²) in [7, 11) is 0. The first-order valence-electron chi connectivity index (χ1n) is 6.79. The molecule has 0 aromatic heterocycles. The second kappa shape index (κ2) is 6.45. The number of phenols is 1. The second-order valence-corrected chi connectivity index (χ2v) is 5.09. The van der Waals surface area contributed by atoms with Crippen molar-refractivity contribution in [2.24, 2.45) is 0 Å². The number of aromatic carboxylic acids is 1. The van der Waals surface area contributed by atoms with Gasteiger partial charge in [-0.1, -0.05) is 12.8 Å². The van der Waals surface area contributed by atoms with Gasteiger partial charge in [0.15, 0.2) is 0 Å². The maximum atomic E-state index is 11.9. The van der Waals surface area contributed by atoms with Gasteiger partial charge in [-0.3, -0.25) is 0 Å². The monoisotopic (exact) mass is 294 g/mol. The van der Waals surface area contributed by atoms with E-state index in [-0.39, 0.29) is 23.0 Å². The number of carboxylic acids is 1. The molecule has 1 fully saturated rings. The molecular formula is C14H18N2O5. The first-order chi connectivity index (χ1) is 9.97. The molecular weight excluding hydrogens is 276 g/mol. The zero-order chi connectivity index (χ0) is 15.4. The molecule has 0 bridgehead atoms. The Morgan fingerprint density at radius 2 is 1.90 bits per heavy atom. The van der Waals surface area contributed by atoms with E-state index in [1.807, 2.05) is 0 Å². The fourth-order valence-electron chi connectivity index (χ4n) is 2.42. The summed E-state index contributed by atoms with van der Waals surface area (Å²) in [5.41, 5.74) is -0.113. The van der Waals surface area contributed by atoms with Crippen LogP contribution in [0.5, 0.6) is 5.75 Å². The first kappa shape index (κ1) is 15.1. The normalized spacial score (nSPS) is 21.6. The van der Waals surface area contributed by atoms with E-state index in [4.69, 9.17) is 5.11 Å². The van der Waals surface area contributed by atoms with Crippen molar-refractivity contribution in [3.05, 3.63) is 23.8 Å². The largest absolute Gasteiger partial charge is 0.508 e. The van der Waals surface area contributed by atoms with Gasteiger partial charge in [0.2, 0.25) is 0 Å². The molecule has 1 aromatic carbocycles. The molecule has 1 aliphatic rings. The number of amides is 2. The third kappa shape index (κ3) is 3.85. The van der Waals surface area contributed by atoms with Crippen molar-refractivity contribution in [2.75, 3.05) is 5.32 Å². The van der Waals surface area contributed by atoms with E-state index in [2.05, 4.69) is 10.6 Å². The van der Waals surface area contributed by atoms with Crippen LogP contribution in [-0.2, 0) is 0 Å². The van der Waals surface area contributed by atoms with E-state index < -0.39 is 18.1 Å². The molecule has 0 spiro atoms. The fraction of sp³-hybridized carbons (Fsp3) is 0.429. The van der Waals surface area contributed by atoms with Crippen LogP contribution in [0.15, 0.2) is 18.2 Å². The Morgan fingerprint density at radius 1 is 1.19 bits per heavy atom. The Bertz CT molecular complexity index is 546. The Morgan fingerprint density at radius 3 is 2.57 bits per heavy atom. The summed E-state index contributed by atoms with van der Waals surface area (Å²) in [5.74, 6) is -1.44. The number of nitrogens with one attached hydrogen (secondary N) is 2. The number of carbonyl (C=O) groups is 2. The van der Waals surface area contributed by atoms with Crippen LogP contribution in [0.2, 0.25) is 0 Å². The van der Waals surface area contributed by atoms with E-state index in [9.17, 15) is 19.8 Å². The first-order valence-corrected chi connectivity index (χ1v) is 6.79. The summed E-state index contributed by atoms with van der Waals surface area (Å²) in [4.78, 5) is 23.0. The van der Waals surface area contributed by atoms with E-state index in [1.54, 1.807) is 0 Å². The lowest BCUT2D eigenvalue weighted by atomic mass is 9.93. The number of phenolic OH excluding ortho intramolecular Hbond substituents is 1. The molecule has 1 aliphatic carbocycles. The Hall–Kier alpha value is -2.28. The van der Waals surface area contributed by atoms with E-state index in [1.165, 1.54) is 12.1 Å². The van der Waals surface area contributed by atoms with Gasteiger partial charge in [-0.05, 0) is 31.0 Å². The topological polar surface area (TPSA) is 119 Å². The maximum Gasteiger partial charge on any atom is 0.337 e. The summed E-state index contributed by atoms with van der Waals surface area (Å²) in [6.45, 7) is 0. The minimum Gasteiger partial charge on any atom is -0.508 e. The third-order valence-corrected chi connectivity index (χ3v) is 3.53. The van der Waals surface area contributed by atoms with Crippen molar-refractivity contribution in [1.82, 2.24) is 5.32 Å². The molecule has 2 atom stereocenters. The molecule has 7 nitrogen and oxygen atoms in total. The number of anilines is 1. The zero-order valence-corrected chi connectivity index (χ0v) is 11.4. The van der Waals surface area contributed by atoms with Gasteiger partial charge in [0.05, 0.1) is 23.4 Å². The molecule has 0 heterocycles. The van der Waals surface area contributed by atoms with Crippen molar-refractivity contribution in [2.45, 2.75) is 37.8 Å². The van der Waals surface area contributed by atoms with Gasteiger partial charge in [-0.2, -0.15) is 0 Å². The van der Waals surface area contributed by atoms with Gasteiger partial charge in [0.1, 0.15) is 5.75 Å². The number of rotatable bonds is 3. The minimum absolute atomic E-state index is 0.0862. The molecule has 2 unspecified atom stereocenters. The lowest BCUT2D eigenvalue weighted by Crippen LogP contribution is -2.46. The van der Waals surface area contributed by atoms with Gasteiger partial charge in [0.25, 0.3) is 0 Å². The molecule has 1 aromatic rings. The fourth-order valence-corrected chi connectivity index (χ4v) is 2.42. The SMILES string of the molecule is O=C(Nc1ccc(O)cc1C(=O)O)NC1CCCCC1O. The Balaban J connectivity index is 2.04. The quantitative estimate of drug-likeness (QED) is 0.541. The number of carboxylic acid groups (broad SMARTS) is 1. The lowest BCUT2D eigenvalue weighted by Gasteiger charge is -2.28. The van der Waals surface area contributed by atoms with Gasteiger partial charge < -0.3 is 26.0 Å². The number of aromatic hydroxyl groups is 1. The van der Waals surface area contributed by atoms with Crippen LogP contribution in [0, 0.1) is 0 Å². The highest BCUT2D eigenvalue weighted by Crippen LogP contribution is 2.22. The number of hydrogen-bond donors (Lipinski definition) is 5. The molecule has 0 saturated heterocycles. The number of hydrogen-bond acceptors (Lipinski definition) is 4. The summed E-state index contributed by atoms with van der Waals surface area (Å²) >= 11 is 0. The molecule has 1 saturated carbocycles. The second-order valence-electron chi connectivity index (χ2n) is 5.09. The third-order valence-electron chi connectivity index (χ3n) is 3.53. The summed E-state index contributed by atoms with van der Waals surface area (Å²) in [6.07, 6.45) is 2.62. The van der Waals surface area contributed by atoms with Gasteiger partial charge in [-0.15, -0.1) is 0 Å². The highest BCUT2D eigenvalue weighted by Gasteiger charge is 2.24. The van der Waals surface area contributed by atoms with E-state index >= 15 is 0 Å². The number of aliphatic hydroxyl groups is 1. The number of carbonyl (C=O) groups excluding carboxylic acids is 1. The highest BCUT2D eigenvalue weighted by molar-refractivity contribution is 6.00. The van der Waals surface area contributed by atoms with Gasteiger partial charge >= 0.3 is 12.0 Å². The van der Waals surface area contributed by atoms with E-state index in [0.717, 1.165) is 18.9 Å². The summed E-state index contributed by atoms with van der Waals surface area (Å²) in [6, 6.07) is 2.76. The summed E-state index contributed by atoms with van der Waals surface area (Å²) < 4.78 is 0. The number of benzene rings is 1. The van der Waals surface area contributed by atoms with Crippen LogP contribution in [0.3, 0.4) is 0 Å². The van der Waals surface area contributed by atoms with Crippen molar-refractivity contribution in [3.8, 4) is 5.75 Å². The van der Waals surface area contributed by atoms with Crippen LogP contribution < -0.4 is 10.6 Å². The van der Waals surface area contributed by atoms with E-state index in [0.29, 0.717) is 12.8 Å². The van der Waals surface area contributed by atoms with Gasteiger partial charge in [-0.25, -0.2) is 9.59 Å². The molecule has 114 valence electrons. The molecule has 21 heavy (non-hydrogen) atoms. The molecule has 0 radical (unpaired) electrons. The average molecular weight is 294 g/mol. The van der Waals surface area contributed by atoms with Gasteiger partial charge in [0, 0.05) is 0 Å². The highest BCUT2D eigenvalue weighted by atomic mass is 16.4. The van der Waals surface area contributed by atoms with Crippen molar-refractivity contribution >= 4 is 17.7 Å².